The van der Waals surface area contributed by atoms with E-state index < -0.39 is 4.92 Å². The second kappa shape index (κ2) is 6.16. The van der Waals surface area contributed by atoms with E-state index in [2.05, 4.69) is 10.6 Å². The Morgan fingerprint density at radius 1 is 1.40 bits per heavy atom. The molecule has 2 aromatic rings. The number of carbonyl (C=O) groups is 1. The lowest BCUT2D eigenvalue weighted by Gasteiger charge is -2.07. The smallest absolute Gasteiger partial charge is 0.293 e. The zero-order valence-corrected chi connectivity index (χ0v) is 11.6. The van der Waals surface area contributed by atoms with E-state index in [1.807, 2.05) is 16.8 Å². The summed E-state index contributed by atoms with van der Waals surface area (Å²) < 4.78 is 0. The molecule has 1 aromatic heterocycles. The lowest BCUT2D eigenvalue weighted by molar-refractivity contribution is -0.384. The summed E-state index contributed by atoms with van der Waals surface area (Å²) in [6.07, 6.45) is 0. The van der Waals surface area contributed by atoms with Gasteiger partial charge >= 0.3 is 0 Å². The average Bonchev–Trinajstić information content (AvgIpc) is 2.97. The SMILES string of the molecule is CNC(=O)c1ccc(NCc2ccsc2)c([N+](=O)[O-])c1. The van der Waals surface area contributed by atoms with Crippen molar-refractivity contribution in [3.63, 3.8) is 0 Å². The van der Waals surface area contributed by atoms with E-state index in [0.717, 1.165) is 5.56 Å². The van der Waals surface area contributed by atoms with Gasteiger partial charge in [0.2, 0.25) is 0 Å². The number of hydrogen-bond acceptors (Lipinski definition) is 5. The second-order valence-corrected chi connectivity index (χ2v) is 4.83. The number of nitro benzene ring substituents is 1. The van der Waals surface area contributed by atoms with Crippen LogP contribution in [0.5, 0.6) is 0 Å². The topological polar surface area (TPSA) is 84.3 Å². The fourth-order valence-electron chi connectivity index (χ4n) is 1.71. The van der Waals surface area contributed by atoms with Crippen LogP contribution in [0.25, 0.3) is 0 Å². The summed E-state index contributed by atoms with van der Waals surface area (Å²) in [5.74, 6) is -0.350. The van der Waals surface area contributed by atoms with Crippen LogP contribution in [0.3, 0.4) is 0 Å². The Morgan fingerprint density at radius 3 is 2.80 bits per heavy atom. The van der Waals surface area contributed by atoms with Crippen LogP contribution < -0.4 is 10.6 Å². The molecule has 2 N–H and O–H groups in total. The molecule has 6 nitrogen and oxygen atoms in total. The van der Waals surface area contributed by atoms with Gasteiger partial charge in [-0.3, -0.25) is 14.9 Å². The quantitative estimate of drug-likeness (QED) is 0.655. The van der Waals surface area contributed by atoms with Gasteiger partial charge in [0, 0.05) is 25.2 Å². The Balaban J connectivity index is 2.23. The van der Waals surface area contributed by atoms with E-state index in [-0.39, 0.29) is 17.2 Å². The van der Waals surface area contributed by atoms with Crippen molar-refractivity contribution in [2.45, 2.75) is 6.54 Å². The Kier molecular flexibility index (Phi) is 4.31. The van der Waals surface area contributed by atoms with Gasteiger partial charge in [0.1, 0.15) is 5.69 Å². The molecule has 20 heavy (non-hydrogen) atoms. The monoisotopic (exact) mass is 291 g/mol. The van der Waals surface area contributed by atoms with Gasteiger partial charge in [-0.25, -0.2) is 0 Å². The maximum atomic E-state index is 11.5. The molecule has 1 aromatic carbocycles. The van der Waals surface area contributed by atoms with Gasteiger partial charge in [-0.2, -0.15) is 11.3 Å². The van der Waals surface area contributed by atoms with Crippen LogP contribution in [0.2, 0.25) is 0 Å². The van der Waals surface area contributed by atoms with Gasteiger partial charge < -0.3 is 10.6 Å². The first kappa shape index (κ1) is 14.0. The van der Waals surface area contributed by atoms with Gasteiger partial charge in [-0.05, 0) is 34.5 Å². The van der Waals surface area contributed by atoms with E-state index >= 15 is 0 Å². The highest BCUT2D eigenvalue weighted by atomic mass is 32.1. The molecule has 0 atom stereocenters. The molecule has 0 fully saturated rings. The van der Waals surface area contributed by atoms with Crippen molar-refractivity contribution in [2.75, 3.05) is 12.4 Å². The number of rotatable bonds is 5. The third-order valence-corrected chi connectivity index (χ3v) is 3.48. The van der Waals surface area contributed by atoms with Crippen LogP contribution in [-0.2, 0) is 6.54 Å². The highest BCUT2D eigenvalue weighted by molar-refractivity contribution is 7.07. The number of anilines is 1. The number of nitro groups is 1. The molecule has 2 rings (SSSR count). The van der Waals surface area contributed by atoms with Crippen molar-refractivity contribution < 1.29 is 9.72 Å². The van der Waals surface area contributed by atoms with Crippen LogP contribution in [0.1, 0.15) is 15.9 Å². The number of nitrogens with zero attached hydrogens (tertiary/aromatic N) is 1. The first-order chi connectivity index (χ1) is 9.61. The highest BCUT2D eigenvalue weighted by Gasteiger charge is 2.16. The maximum Gasteiger partial charge on any atom is 0.293 e. The van der Waals surface area contributed by atoms with E-state index in [1.165, 1.54) is 13.1 Å². The molecule has 0 radical (unpaired) electrons. The predicted octanol–water partition coefficient (Wildman–Crippen LogP) is 2.63. The van der Waals surface area contributed by atoms with Gasteiger partial charge in [-0.15, -0.1) is 0 Å². The van der Waals surface area contributed by atoms with Crippen LogP contribution in [-0.4, -0.2) is 17.9 Å². The minimum absolute atomic E-state index is 0.110. The molecule has 104 valence electrons. The Bertz CT molecular complexity index is 626. The summed E-state index contributed by atoms with van der Waals surface area (Å²) in [5, 5.41) is 20.5. The van der Waals surface area contributed by atoms with Crippen molar-refractivity contribution in [3.05, 3.63) is 56.3 Å². The summed E-state index contributed by atoms with van der Waals surface area (Å²) in [7, 11) is 1.48. The van der Waals surface area contributed by atoms with Crippen LogP contribution in [0.15, 0.2) is 35.0 Å². The number of carbonyl (C=O) groups excluding carboxylic acids is 1. The fourth-order valence-corrected chi connectivity index (χ4v) is 2.38. The highest BCUT2D eigenvalue weighted by Crippen LogP contribution is 2.26. The first-order valence-electron chi connectivity index (χ1n) is 5.87. The molecule has 1 amide bonds. The molecule has 0 bridgehead atoms. The molecule has 1 heterocycles. The van der Waals surface area contributed by atoms with Crippen molar-refractivity contribution >= 4 is 28.6 Å². The van der Waals surface area contributed by atoms with Crippen molar-refractivity contribution in [2.24, 2.45) is 0 Å². The van der Waals surface area contributed by atoms with Crippen molar-refractivity contribution in [1.29, 1.82) is 0 Å². The standard InChI is InChI=1S/C13H13N3O3S/c1-14-13(17)10-2-3-11(12(6-10)16(18)19)15-7-9-4-5-20-8-9/h2-6,8,15H,7H2,1H3,(H,14,17). The van der Waals surface area contributed by atoms with Crippen LogP contribution >= 0.6 is 11.3 Å². The molecule has 0 aliphatic carbocycles. The molecular weight excluding hydrogens is 278 g/mol. The molecule has 0 aliphatic heterocycles. The number of hydrogen-bond donors (Lipinski definition) is 2. The fraction of sp³-hybridized carbons (Fsp3) is 0.154. The lowest BCUT2D eigenvalue weighted by Crippen LogP contribution is -2.18. The predicted molar refractivity (Wildman–Crippen MR) is 78.1 cm³/mol. The van der Waals surface area contributed by atoms with Crippen molar-refractivity contribution in [3.8, 4) is 0 Å². The summed E-state index contributed by atoms with van der Waals surface area (Å²) >= 11 is 1.57. The Hall–Kier alpha value is -2.41. The van der Waals surface area contributed by atoms with E-state index in [0.29, 0.717) is 12.2 Å². The molecule has 0 unspecified atom stereocenters. The summed E-state index contributed by atoms with van der Waals surface area (Å²) in [6, 6.07) is 6.33. The number of amides is 1. The zero-order chi connectivity index (χ0) is 14.5. The Labute approximate surface area is 119 Å². The van der Waals surface area contributed by atoms with Gasteiger partial charge in [0.05, 0.1) is 4.92 Å². The number of benzene rings is 1. The molecule has 7 heteroatoms. The average molecular weight is 291 g/mol. The van der Waals surface area contributed by atoms with E-state index in [4.69, 9.17) is 0 Å². The largest absolute Gasteiger partial charge is 0.375 e. The van der Waals surface area contributed by atoms with Gasteiger partial charge in [0.25, 0.3) is 11.6 Å². The van der Waals surface area contributed by atoms with Crippen LogP contribution in [0, 0.1) is 10.1 Å². The minimum atomic E-state index is -0.498. The summed E-state index contributed by atoms with van der Waals surface area (Å²) in [6.45, 7) is 0.504. The van der Waals surface area contributed by atoms with Gasteiger partial charge in [-0.1, -0.05) is 0 Å². The normalized spacial score (nSPS) is 10.1. The first-order valence-corrected chi connectivity index (χ1v) is 6.81. The second-order valence-electron chi connectivity index (χ2n) is 4.05. The zero-order valence-electron chi connectivity index (χ0n) is 10.8. The summed E-state index contributed by atoms with van der Waals surface area (Å²) in [4.78, 5) is 22.1. The summed E-state index contributed by atoms with van der Waals surface area (Å²) in [5.41, 5.74) is 1.61. The lowest BCUT2D eigenvalue weighted by atomic mass is 10.1. The number of thiophene rings is 1. The molecule has 0 saturated heterocycles. The molecular formula is C13H13N3O3S. The Morgan fingerprint density at radius 2 is 2.20 bits per heavy atom. The van der Waals surface area contributed by atoms with Crippen LogP contribution in [0.4, 0.5) is 11.4 Å². The van der Waals surface area contributed by atoms with Gasteiger partial charge in [0.15, 0.2) is 0 Å². The van der Waals surface area contributed by atoms with E-state index in [9.17, 15) is 14.9 Å². The third-order valence-electron chi connectivity index (χ3n) is 2.75. The third kappa shape index (κ3) is 3.12. The molecule has 0 aliphatic rings. The van der Waals surface area contributed by atoms with Crippen molar-refractivity contribution in [1.82, 2.24) is 5.32 Å². The number of nitrogens with one attached hydrogen (secondary N) is 2. The van der Waals surface area contributed by atoms with E-state index in [1.54, 1.807) is 23.5 Å². The molecule has 0 saturated carbocycles. The minimum Gasteiger partial charge on any atom is -0.375 e. The maximum absolute atomic E-state index is 11.5. The molecule has 0 spiro atoms.